The molecule has 0 saturated carbocycles. The Labute approximate surface area is 189 Å². The van der Waals surface area contributed by atoms with Crippen molar-refractivity contribution in [3.8, 4) is 0 Å². The normalized spacial score (nSPS) is 12.3. The van der Waals surface area contributed by atoms with Crippen LogP contribution >= 0.6 is 11.3 Å². The van der Waals surface area contributed by atoms with E-state index in [0.29, 0.717) is 4.80 Å². The standard InChI is InChI=1S/C22H23FN2O5S2/c1-14-11-15(2)21-18(12-14)25(13-20(27)30-3)22(31-21)24-19(26)5-4-10-32(28,29)17-8-6-16(23)7-9-17/h6-9,11-12H,4-5,10,13H2,1-3H3. The molecule has 0 aliphatic carbocycles. The van der Waals surface area contributed by atoms with Crippen LogP contribution < -0.4 is 4.80 Å². The maximum atomic E-state index is 13.0. The lowest BCUT2D eigenvalue weighted by Crippen LogP contribution is -2.22. The Morgan fingerprint density at radius 1 is 1.16 bits per heavy atom. The number of hydrogen-bond donors (Lipinski definition) is 0. The molecule has 0 unspecified atom stereocenters. The summed E-state index contributed by atoms with van der Waals surface area (Å²) in [5.74, 6) is -1.73. The van der Waals surface area contributed by atoms with Gasteiger partial charge >= 0.3 is 5.97 Å². The Morgan fingerprint density at radius 2 is 1.84 bits per heavy atom. The van der Waals surface area contributed by atoms with Gasteiger partial charge in [0.25, 0.3) is 0 Å². The van der Waals surface area contributed by atoms with Gasteiger partial charge < -0.3 is 9.30 Å². The van der Waals surface area contributed by atoms with Gasteiger partial charge in [-0.15, -0.1) is 0 Å². The molecule has 7 nitrogen and oxygen atoms in total. The zero-order valence-electron chi connectivity index (χ0n) is 17.9. The molecule has 0 saturated heterocycles. The lowest BCUT2D eigenvalue weighted by Gasteiger charge is -2.05. The topological polar surface area (TPSA) is 94.8 Å². The van der Waals surface area contributed by atoms with Crippen LogP contribution in [0.15, 0.2) is 46.3 Å². The lowest BCUT2D eigenvalue weighted by molar-refractivity contribution is -0.141. The van der Waals surface area contributed by atoms with Crippen molar-refractivity contribution in [2.75, 3.05) is 12.9 Å². The molecule has 1 aromatic heterocycles. The number of esters is 1. The molecular formula is C22H23FN2O5S2. The first-order valence-corrected chi connectivity index (χ1v) is 12.3. The van der Waals surface area contributed by atoms with Crippen LogP contribution in [0.2, 0.25) is 0 Å². The number of aromatic nitrogens is 1. The van der Waals surface area contributed by atoms with E-state index in [1.54, 1.807) is 4.57 Å². The van der Waals surface area contributed by atoms with Gasteiger partial charge in [-0.1, -0.05) is 17.4 Å². The molecule has 0 aliphatic heterocycles. The summed E-state index contributed by atoms with van der Waals surface area (Å²) in [6.45, 7) is 3.79. The number of halogens is 1. The third-order valence-electron chi connectivity index (χ3n) is 4.83. The average molecular weight is 479 g/mol. The van der Waals surface area contributed by atoms with Crippen LogP contribution in [0.1, 0.15) is 24.0 Å². The van der Waals surface area contributed by atoms with Crippen LogP contribution in [0.3, 0.4) is 0 Å². The number of thiazole rings is 1. The summed E-state index contributed by atoms with van der Waals surface area (Å²) in [5.41, 5.74) is 2.79. The van der Waals surface area contributed by atoms with E-state index >= 15 is 0 Å². The average Bonchev–Trinajstić information content (AvgIpc) is 3.05. The van der Waals surface area contributed by atoms with Gasteiger partial charge in [-0.05, 0) is 61.7 Å². The Hall–Kier alpha value is -2.85. The number of sulfone groups is 1. The van der Waals surface area contributed by atoms with Gasteiger partial charge in [-0.3, -0.25) is 9.59 Å². The summed E-state index contributed by atoms with van der Waals surface area (Å²) in [7, 11) is -2.34. The molecule has 0 N–H and O–H groups in total. The molecular weight excluding hydrogens is 455 g/mol. The first-order valence-electron chi connectivity index (χ1n) is 9.84. The molecule has 10 heteroatoms. The Kier molecular flexibility index (Phi) is 7.25. The highest BCUT2D eigenvalue weighted by Gasteiger charge is 2.16. The van der Waals surface area contributed by atoms with Crippen molar-refractivity contribution in [1.29, 1.82) is 0 Å². The molecule has 0 radical (unpaired) electrons. The molecule has 0 aliphatic rings. The monoisotopic (exact) mass is 478 g/mol. The summed E-state index contributed by atoms with van der Waals surface area (Å²) < 4.78 is 45.1. The Morgan fingerprint density at radius 3 is 2.50 bits per heavy atom. The third kappa shape index (κ3) is 5.49. The molecule has 0 bridgehead atoms. The molecule has 170 valence electrons. The highest BCUT2D eigenvalue weighted by Crippen LogP contribution is 2.23. The smallest absolute Gasteiger partial charge is 0.325 e. The number of methoxy groups -OCH3 is 1. The molecule has 3 rings (SSSR count). The highest BCUT2D eigenvalue weighted by atomic mass is 32.2. The van der Waals surface area contributed by atoms with E-state index in [1.165, 1.54) is 30.6 Å². The van der Waals surface area contributed by atoms with E-state index in [0.717, 1.165) is 33.5 Å². The zero-order valence-corrected chi connectivity index (χ0v) is 19.6. The van der Waals surface area contributed by atoms with Gasteiger partial charge in [-0.2, -0.15) is 4.99 Å². The zero-order chi connectivity index (χ0) is 23.5. The van der Waals surface area contributed by atoms with Gasteiger partial charge in [0.15, 0.2) is 14.6 Å². The first-order chi connectivity index (χ1) is 15.1. The maximum Gasteiger partial charge on any atom is 0.325 e. The number of carbonyl (C=O) groups is 2. The molecule has 1 heterocycles. The minimum absolute atomic E-state index is 0.00885. The summed E-state index contributed by atoms with van der Waals surface area (Å²) in [5, 5.41) is 0. The van der Waals surface area contributed by atoms with Crippen LogP contribution in [0.4, 0.5) is 4.39 Å². The van der Waals surface area contributed by atoms with E-state index in [-0.39, 0.29) is 30.0 Å². The second kappa shape index (κ2) is 9.74. The number of amides is 1. The number of hydrogen-bond acceptors (Lipinski definition) is 6. The van der Waals surface area contributed by atoms with Gasteiger partial charge in [0.1, 0.15) is 12.4 Å². The predicted octanol–water partition coefficient (Wildman–Crippen LogP) is 3.31. The van der Waals surface area contributed by atoms with Gasteiger partial charge in [0.2, 0.25) is 5.91 Å². The Bertz CT molecular complexity index is 1340. The number of nitrogens with zero attached hydrogens (tertiary/aromatic N) is 2. The van der Waals surface area contributed by atoms with Crippen molar-refractivity contribution >= 4 is 43.3 Å². The fraction of sp³-hybridized carbons (Fsp3) is 0.318. The SMILES string of the molecule is COC(=O)Cn1c(=NC(=O)CCCS(=O)(=O)c2ccc(F)cc2)sc2c(C)cc(C)cc21. The number of ether oxygens (including phenoxy) is 1. The fourth-order valence-electron chi connectivity index (χ4n) is 3.28. The second-order valence-corrected chi connectivity index (χ2v) is 10.4. The van der Waals surface area contributed by atoms with Crippen molar-refractivity contribution < 1.29 is 27.1 Å². The van der Waals surface area contributed by atoms with Crippen LogP contribution in [0, 0.1) is 19.7 Å². The molecule has 3 aromatic rings. The fourth-order valence-corrected chi connectivity index (χ4v) is 5.69. The second-order valence-electron chi connectivity index (χ2n) is 7.36. The van der Waals surface area contributed by atoms with Crippen molar-refractivity contribution in [1.82, 2.24) is 4.57 Å². The first kappa shape index (κ1) is 23.8. The van der Waals surface area contributed by atoms with Gasteiger partial charge in [-0.25, -0.2) is 12.8 Å². The molecule has 0 fully saturated rings. The van der Waals surface area contributed by atoms with E-state index in [4.69, 9.17) is 4.74 Å². The largest absolute Gasteiger partial charge is 0.468 e. The number of carbonyl (C=O) groups excluding carboxylic acids is 2. The van der Waals surface area contributed by atoms with Crippen LogP contribution in [-0.4, -0.2) is 37.7 Å². The number of fused-ring (bicyclic) bond motifs is 1. The molecule has 32 heavy (non-hydrogen) atoms. The molecule has 2 aromatic carbocycles. The van der Waals surface area contributed by atoms with Crippen molar-refractivity contribution in [2.24, 2.45) is 4.99 Å². The van der Waals surface area contributed by atoms with E-state index in [1.807, 2.05) is 26.0 Å². The van der Waals surface area contributed by atoms with E-state index in [2.05, 4.69) is 4.99 Å². The van der Waals surface area contributed by atoms with E-state index < -0.39 is 27.5 Å². The number of benzene rings is 2. The molecule has 1 amide bonds. The van der Waals surface area contributed by atoms with Crippen LogP contribution in [0.5, 0.6) is 0 Å². The van der Waals surface area contributed by atoms with Crippen molar-refractivity contribution in [2.45, 2.75) is 38.1 Å². The summed E-state index contributed by atoms with van der Waals surface area (Å²) in [6, 6.07) is 8.49. The van der Waals surface area contributed by atoms with Crippen LogP contribution in [-0.2, 0) is 30.7 Å². The van der Waals surface area contributed by atoms with Crippen LogP contribution in [0.25, 0.3) is 10.2 Å². The number of rotatable bonds is 7. The van der Waals surface area contributed by atoms with Gasteiger partial charge in [0.05, 0.1) is 28.0 Å². The summed E-state index contributed by atoms with van der Waals surface area (Å²) in [6.07, 6.45) is -0.00696. The lowest BCUT2D eigenvalue weighted by atomic mass is 10.1. The van der Waals surface area contributed by atoms with Gasteiger partial charge in [0, 0.05) is 6.42 Å². The third-order valence-corrected chi connectivity index (χ3v) is 7.87. The van der Waals surface area contributed by atoms with Crippen molar-refractivity contribution in [3.05, 3.63) is 58.1 Å². The highest BCUT2D eigenvalue weighted by molar-refractivity contribution is 7.91. The minimum Gasteiger partial charge on any atom is -0.468 e. The number of aryl methyl sites for hydroxylation is 2. The minimum atomic E-state index is -3.63. The Balaban J connectivity index is 1.82. The quantitative estimate of drug-likeness (QED) is 0.384. The predicted molar refractivity (Wildman–Crippen MR) is 120 cm³/mol. The van der Waals surface area contributed by atoms with E-state index in [9.17, 15) is 22.4 Å². The molecule has 0 spiro atoms. The maximum absolute atomic E-state index is 13.0. The van der Waals surface area contributed by atoms with Crippen molar-refractivity contribution in [3.63, 3.8) is 0 Å². The summed E-state index contributed by atoms with van der Waals surface area (Å²) in [4.78, 5) is 28.9. The summed E-state index contributed by atoms with van der Waals surface area (Å²) >= 11 is 1.29. The molecule has 0 atom stereocenters.